The number of carbonyl (C=O) groups excluding carboxylic acids is 1. The van der Waals surface area contributed by atoms with Gasteiger partial charge in [0.2, 0.25) is 5.79 Å². The van der Waals surface area contributed by atoms with Gasteiger partial charge in [-0.2, -0.15) is 0 Å². The Morgan fingerprint density at radius 2 is 2.00 bits per heavy atom. The van der Waals surface area contributed by atoms with Gasteiger partial charge in [0.1, 0.15) is 29.5 Å². The summed E-state index contributed by atoms with van der Waals surface area (Å²) in [6, 6.07) is 9.67. The van der Waals surface area contributed by atoms with Crippen LogP contribution < -0.4 is 9.47 Å². The van der Waals surface area contributed by atoms with Crippen LogP contribution in [0.5, 0.6) is 11.5 Å². The quantitative estimate of drug-likeness (QED) is 0.687. The van der Waals surface area contributed by atoms with Crippen LogP contribution in [0.1, 0.15) is 42.0 Å². The van der Waals surface area contributed by atoms with Gasteiger partial charge >= 0.3 is 5.97 Å². The Morgan fingerprint density at radius 1 is 1.22 bits per heavy atom. The second-order valence-corrected chi connectivity index (χ2v) is 6.57. The Morgan fingerprint density at radius 3 is 2.74 bits per heavy atom. The van der Waals surface area contributed by atoms with Gasteiger partial charge in [-0.05, 0) is 24.3 Å². The summed E-state index contributed by atoms with van der Waals surface area (Å²) in [6.07, 6.45) is -2.74. The molecule has 1 N–H and O–H groups in total. The molecular formula is C19H16F2N2O4. The molecule has 1 aliphatic heterocycles. The number of esters is 1. The highest BCUT2D eigenvalue weighted by molar-refractivity contribution is 5.97. The highest BCUT2D eigenvalue weighted by atomic mass is 19.3. The lowest BCUT2D eigenvalue weighted by Crippen LogP contribution is -2.39. The fraction of sp³-hybridized carbons (Fsp3) is 0.263. The number of H-pyrrole nitrogens is 1. The van der Waals surface area contributed by atoms with E-state index in [2.05, 4.69) is 9.97 Å². The molecule has 2 heterocycles. The van der Waals surface area contributed by atoms with Crippen molar-refractivity contribution in [1.82, 2.24) is 9.97 Å². The van der Waals surface area contributed by atoms with Crippen LogP contribution in [0, 0.1) is 0 Å². The maximum atomic E-state index is 13.3. The van der Waals surface area contributed by atoms with E-state index in [4.69, 9.17) is 14.2 Å². The largest absolute Gasteiger partial charge is 0.485 e. The normalized spacial score (nSPS) is 15.4. The van der Waals surface area contributed by atoms with Crippen molar-refractivity contribution in [2.24, 2.45) is 0 Å². The van der Waals surface area contributed by atoms with E-state index < -0.39 is 18.2 Å². The monoisotopic (exact) mass is 374 g/mol. The maximum absolute atomic E-state index is 13.3. The van der Waals surface area contributed by atoms with Gasteiger partial charge in [0.15, 0.2) is 0 Å². The number of ether oxygens (including phenoxy) is 3. The van der Waals surface area contributed by atoms with Crippen molar-refractivity contribution in [3.63, 3.8) is 0 Å². The van der Waals surface area contributed by atoms with Crippen LogP contribution in [0.25, 0.3) is 11.0 Å². The number of imidazole rings is 1. The summed E-state index contributed by atoms with van der Waals surface area (Å²) in [5.41, 5.74) is 1.25. The first-order valence-corrected chi connectivity index (χ1v) is 8.27. The summed E-state index contributed by atoms with van der Waals surface area (Å²) < 4.78 is 42.9. The summed E-state index contributed by atoms with van der Waals surface area (Å²) in [5, 5.41) is 0. The third-order valence-corrected chi connectivity index (χ3v) is 4.04. The molecule has 0 aliphatic carbocycles. The van der Waals surface area contributed by atoms with Crippen molar-refractivity contribution in [2.45, 2.75) is 32.7 Å². The maximum Gasteiger partial charge on any atom is 0.349 e. The number of aromatic amines is 1. The van der Waals surface area contributed by atoms with E-state index in [0.29, 0.717) is 5.82 Å². The van der Waals surface area contributed by atoms with Gasteiger partial charge in [-0.25, -0.2) is 18.6 Å². The number of nitrogens with one attached hydrogen (secondary N) is 1. The van der Waals surface area contributed by atoms with E-state index in [1.165, 1.54) is 13.8 Å². The molecule has 0 bridgehead atoms. The van der Waals surface area contributed by atoms with Crippen LogP contribution in [-0.2, 0) is 11.3 Å². The van der Waals surface area contributed by atoms with Crippen LogP contribution in [0.3, 0.4) is 0 Å². The standard InChI is InChI=1S/C19H16F2N2O4/c1-19(2)26-14-8-10(17(20)21)7-13(16(14)18(24)27-19)25-9-15-22-11-5-3-4-6-12(11)23-15/h3-8,17H,9H2,1-2H3,(H,22,23). The number of rotatable bonds is 4. The lowest BCUT2D eigenvalue weighted by Gasteiger charge is -2.32. The van der Waals surface area contributed by atoms with Crippen molar-refractivity contribution < 1.29 is 27.8 Å². The van der Waals surface area contributed by atoms with Crippen LogP contribution in [0.15, 0.2) is 36.4 Å². The summed E-state index contributed by atoms with van der Waals surface area (Å²) in [7, 11) is 0. The predicted molar refractivity (Wildman–Crippen MR) is 91.9 cm³/mol. The molecule has 0 saturated carbocycles. The van der Waals surface area contributed by atoms with Gasteiger partial charge in [0.25, 0.3) is 6.43 Å². The summed E-state index contributed by atoms with van der Waals surface area (Å²) >= 11 is 0. The number of alkyl halides is 2. The molecule has 2 aromatic carbocycles. The smallest absolute Gasteiger partial charge is 0.349 e. The second kappa shape index (κ2) is 6.22. The Balaban J connectivity index is 1.69. The summed E-state index contributed by atoms with van der Waals surface area (Å²) in [6.45, 7) is 3.01. The van der Waals surface area contributed by atoms with Gasteiger partial charge in [-0.3, -0.25) is 0 Å². The molecule has 0 amide bonds. The Hall–Kier alpha value is -3.16. The van der Waals surface area contributed by atoms with Crippen molar-refractivity contribution in [3.8, 4) is 11.5 Å². The van der Waals surface area contributed by atoms with Gasteiger partial charge in [0.05, 0.1) is 11.0 Å². The van der Waals surface area contributed by atoms with E-state index in [1.54, 1.807) is 0 Å². The van der Waals surface area contributed by atoms with Crippen molar-refractivity contribution in [1.29, 1.82) is 0 Å². The zero-order valence-corrected chi connectivity index (χ0v) is 14.6. The number of hydrogen-bond acceptors (Lipinski definition) is 5. The predicted octanol–water partition coefficient (Wildman–Crippen LogP) is 4.36. The molecule has 1 aromatic heterocycles. The van der Waals surface area contributed by atoms with E-state index >= 15 is 0 Å². The SMILES string of the molecule is CC1(C)OC(=O)c2c(OCc3nc4ccccc4[nH]3)cc(C(F)F)cc2O1. The number of carbonyl (C=O) groups is 1. The molecule has 4 rings (SSSR count). The third kappa shape index (κ3) is 3.30. The molecule has 140 valence electrons. The molecule has 27 heavy (non-hydrogen) atoms. The second-order valence-electron chi connectivity index (χ2n) is 6.57. The first-order valence-electron chi connectivity index (χ1n) is 8.27. The minimum Gasteiger partial charge on any atom is -0.485 e. The van der Waals surface area contributed by atoms with Gasteiger partial charge in [-0.15, -0.1) is 0 Å². The number of fused-ring (bicyclic) bond motifs is 2. The molecule has 0 fully saturated rings. The van der Waals surface area contributed by atoms with Crippen LogP contribution >= 0.6 is 0 Å². The number of benzene rings is 2. The van der Waals surface area contributed by atoms with Crippen LogP contribution in [-0.4, -0.2) is 21.7 Å². The minimum absolute atomic E-state index is 0.00801. The van der Waals surface area contributed by atoms with Gasteiger partial charge in [-0.1, -0.05) is 12.1 Å². The van der Waals surface area contributed by atoms with Crippen LogP contribution in [0.4, 0.5) is 8.78 Å². The van der Waals surface area contributed by atoms with Gasteiger partial charge in [0, 0.05) is 19.4 Å². The zero-order valence-electron chi connectivity index (χ0n) is 14.6. The van der Waals surface area contributed by atoms with E-state index in [9.17, 15) is 13.6 Å². The molecule has 0 radical (unpaired) electrons. The number of aromatic nitrogens is 2. The fourth-order valence-electron chi connectivity index (χ4n) is 2.91. The Labute approximate surface area is 153 Å². The Bertz CT molecular complexity index is 997. The minimum atomic E-state index is -2.74. The summed E-state index contributed by atoms with van der Waals surface area (Å²) in [5.74, 6) is -1.47. The highest BCUT2D eigenvalue weighted by Crippen LogP contribution is 2.40. The molecule has 0 saturated heterocycles. The summed E-state index contributed by atoms with van der Waals surface area (Å²) in [4.78, 5) is 19.8. The number of hydrogen-bond donors (Lipinski definition) is 1. The molecule has 8 heteroatoms. The average molecular weight is 374 g/mol. The molecule has 6 nitrogen and oxygen atoms in total. The van der Waals surface area contributed by atoms with E-state index in [0.717, 1.165) is 23.2 Å². The zero-order chi connectivity index (χ0) is 19.2. The topological polar surface area (TPSA) is 73.4 Å². The lowest BCUT2D eigenvalue weighted by atomic mass is 10.1. The Kier molecular flexibility index (Phi) is 3.98. The fourth-order valence-corrected chi connectivity index (χ4v) is 2.91. The molecule has 1 aliphatic rings. The number of halogens is 2. The number of cyclic esters (lactones) is 1. The molecule has 0 atom stereocenters. The van der Waals surface area contributed by atoms with Crippen molar-refractivity contribution in [2.75, 3.05) is 0 Å². The van der Waals surface area contributed by atoms with Crippen molar-refractivity contribution >= 4 is 17.0 Å². The van der Waals surface area contributed by atoms with E-state index in [1.807, 2.05) is 24.3 Å². The van der Waals surface area contributed by atoms with Gasteiger partial charge < -0.3 is 19.2 Å². The first-order chi connectivity index (χ1) is 12.8. The van der Waals surface area contributed by atoms with Crippen molar-refractivity contribution in [3.05, 3.63) is 53.3 Å². The van der Waals surface area contributed by atoms with Crippen LogP contribution in [0.2, 0.25) is 0 Å². The highest BCUT2D eigenvalue weighted by Gasteiger charge is 2.37. The number of nitrogens with zero attached hydrogens (tertiary/aromatic N) is 1. The first kappa shape index (κ1) is 17.3. The van der Waals surface area contributed by atoms with E-state index in [-0.39, 0.29) is 29.2 Å². The lowest BCUT2D eigenvalue weighted by molar-refractivity contribution is -0.127. The number of para-hydroxylation sites is 2. The average Bonchev–Trinajstić information content (AvgIpc) is 3.00. The third-order valence-electron chi connectivity index (χ3n) is 4.04. The molecular weight excluding hydrogens is 358 g/mol. The molecule has 3 aromatic rings. The molecule has 0 unspecified atom stereocenters. The molecule has 0 spiro atoms.